The maximum atomic E-state index is 5.62. The van der Waals surface area contributed by atoms with Gasteiger partial charge in [-0.1, -0.05) is 20.8 Å². The summed E-state index contributed by atoms with van der Waals surface area (Å²) in [4.78, 5) is 0. The number of nitrogens with two attached hydrogens (primary N) is 1. The summed E-state index contributed by atoms with van der Waals surface area (Å²) in [6, 6.07) is 4.13. The second-order valence-electron chi connectivity index (χ2n) is 5.75. The molecule has 0 aliphatic rings. The van der Waals surface area contributed by atoms with Gasteiger partial charge >= 0.3 is 0 Å². The Hall–Kier alpha value is -1.22. The van der Waals surface area contributed by atoms with Gasteiger partial charge in [-0.25, -0.2) is 0 Å². The molecule has 0 aliphatic heterocycles. The van der Waals surface area contributed by atoms with Crippen LogP contribution in [0.2, 0.25) is 0 Å². The predicted molar refractivity (Wildman–Crippen MR) is 75.5 cm³/mol. The van der Waals surface area contributed by atoms with Crippen molar-refractivity contribution in [1.82, 2.24) is 0 Å². The van der Waals surface area contributed by atoms with E-state index in [2.05, 4.69) is 26.8 Å². The Kier molecular flexibility index (Phi) is 5.03. The van der Waals surface area contributed by atoms with Gasteiger partial charge < -0.3 is 15.2 Å². The summed E-state index contributed by atoms with van der Waals surface area (Å²) < 4.78 is 10.9. The van der Waals surface area contributed by atoms with Crippen molar-refractivity contribution < 1.29 is 9.47 Å². The topological polar surface area (TPSA) is 44.5 Å². The van der Waals surface area contributed by atoms with Crippen LogP contribution in [0.4, 0.5) is 0 Å². The molecule has 0 aliphatic carbocycles. The molecule has 0 fully saturated rings. The lowest BCUT2D eigenvalue weighted by atomic mass is 9.87. The zero-order chi connectivity index (χ0) is 13.8. The van der Waals surface area contributed by atoms with Crippen LogP contribution in [0.25, 0.3) is 0 Å². The number of rotatable bonds is 5. The van der Waals surface area contributed by atoms with Crippen LogP contribution in [0, 0.1) is 5.41 Å². The van der Waals surface area contributed by atoms with E-state index in [1.165, 1.54) is 5.56 Å². The van der Waals surface area contributed by atoms with Crippen molar-refractivity contribution in [2.24, 2.45) is 11.1 Å². The number of hydrogen-bond acceptors (Lipinski definition) is 3. The third-order valence-electron chi connectivity index (χ3n) is 2.82. The highest BCUT2D eigenvalue weighted by Gasteiger charge is 2.17. The van der Waals surface area contributed by atoms with Gasteiger partial charge in [0.2, 0.25) is 0 Å². The lowest BCUT2D eigenvalue weighted by molar-refractivity contribution is 0.371. The van der Waals surface area contributed by atoms with E-state index in [9.17, 15) is 0 Å². The highest BCUT2D eigenvalue weighted by Crippen LogP contribution is 2.33. The normalized spacial score (nSPS) is 11.4. The van der Waals surface area contributed by atoms with Crippen LogP contribution < -0.4 is 15.2 Å². The molecule has 0 spiro atoms. The number of methoxy groups -OCH3 is 2. The van der Waals surface area contributed by atoms with Crippen LogP contribution in [0.15, 0.2) is 12.1 Å². The molecule has 0 heterocycles. The quantitative estimate of drug-likeness (QED) is 0.875. The monoisotopic (exact) mass is 251 g/mol. The van der Waals surface area contributed by atoms with Crippen LogP contribution in [-0.4, -0.2) is 20.8 Å². The first-order valence-corrected chi connectivity index (χ1v) is 6.35. The molecule has 0 saturated heterocycles. The van der Waals surface area contributed by atoms with Crippen LogP contribution in [-0.2, 0) is 12.8 Å². The summed E-state index contributed by atoms with van der Waals surface area (Å²) >= 11 is 0. The van der Waals surface area contributed by atoms with E-state index < -0.39 is 0 Å². The summed E-state index contributed by atoms with van der Waals surface area (Å²) in [5.41, 5.74) is 8.12. The van der Waals surface area contributed by atoms with E-state index in [1.54, 1.807) is 14.2 Å². The lowest BCUT2D eigenvalue weighted by Crippen LogP contribution is -2.11. The fourth-order valence-electron chi connectivity index (χ4n) is 2.08. The minimum atomic E-state index is 0.216. The molecule has 1 aromatic rings. The van der Waals surface area contributed by atoms with Crippen LogP contribution in [0.3, 0.4) is 0 Å². The van der Waals surface area contributed by atoms with Crippen molar-refractivity contribution in [3.05, 3.63) is 23.3 Å². The first-order valence-electron chi connectivity index (χ1n) is 6.35. The minimum absolute atomic E-state index is 0.216. The fraction of sp³-hybridized carbons (Fsp3) is 0.600. The molecule has 0 aromatic heterocycles. The van der Waals surface area contributed by atoms with Crippen molar-refractivity contribution >= 4 is 0 Å². The van der Waals surface area contributed by atoms with E-state index in [0.29, 0.717) is 6.54 Å². The van der Waals surface area contributed by atoms with Gasteiger partial charge in [0.25, 0.3) is 0 Å². The Morgan fingerprint density at radius 3 is 1.94 bits per heavy atom. The van der Waals surface area contributed by atoms with E-state index in [1.807, 2.05) is 6.07 Å². The molecule has 102 valence electrons. The molecule has 0 bridgehead atoms. The molecule has 0 atom stereocenters. The third-order valence-corrected chi connectivity index (χ3v) is 2.82. The maximum Gasteiger partial charge on any atom is 0.122 e. The van der Waals surface area contributed by atoms with Gasteiger partial charge in [-0.2, -0.15) is 0 Å². The molecular weight excluding hydrogens is 226 g/mol. The molecule has 1 aromatic carbocycles. The third kappa shape index (κ3) is 3.91. The standard InChI is InChI=1S/C15H25NO2/c1-15(2,3)10-12-9-13(17-4)11(6-7-16)8-14(12)18-5/h8-9H,6-7,10,16H2,1-5H3. The van der Waals surface area contributed by atoms with Gasteiger partial charge in [-0.05, 0) is 48.1 Å². The Bertz CT molecular complexity index is 394. The molecule has 1 rings (SSSR count). The van der Waals surface area contributed by atoms with Gasteiger partial charge in [-0.3, -0.25) is 0 Å². The number of benzene rings is 1. The second kappa shape index (κ2) is 6.10. The Morgan fingerprint density at radius 1 is 1.00 bits per heavy atom. The zero-order valence-electron chi connectivity index (χ0n) is 12.2. The molecule has 0 unspecified atom stereocenters. The van der Waals surface area contributed by atoms with Crippen molar-refractivity contribution in [3.63, 3.8) is 0 Å². The molecule has 3 heteroatoms. The van der Waals surface area contributed by atoms with Gasteiger partial charge in [0.1, 0.15) is 11.5 Å². The van der Waals surface area contributed by atoms with Crippen molar-refractivity contribution in [1.29, 1.82) is 0 Å². The Morgan fingerprint density at radius 2 is 1.50 bits per heavy atom. The SMILES string of the molecule is COc1cc(CC(C)(C)C)c(OC)cc1CCN. The first-order chi connectivity index (χ1) is 8.41. The van der Waals surface area contributed by atoms with Gasteiger partial charge in [-0.15, -0.1) is 0 Å². The molecule has 2 N–H and O–H groups in total. The second-order valence-corrected chi connectivity index (χ2v) is 5.75. The molecule has 3 nitrogen and oxygen atoms in total. The summed E-state index contributed by atoms with van der Waals surface area (Å²) in [6.07, 6.45) is 1.75. The van der Waals surface area contributed by atoms with Crippen molar-refractivity contribution in [2.45, 2.75) is 33.6 Å². The van der Waals surface area contributed by atoms with Crippen molar-refractivity contribution in [3.8, 4) is 11.5 Å². The molecule has 0 amide bonds. The van der Waals surface area contributed by atoms with Crippen LogP contribution in [0.1, 0.15) is 31.9 Å². The zero-order valence-corrected chi connectivity index (χ0v) is 12.2. The minimum Gasteiger partial charge on any atom is -0.496 e. The summed E-state index contributed by atoms with van der Waals surface area (Å²) in [5, 5.41) is 0. The molecule has 0 radical (unpaired) electrons. The first kappa shape index (κ1) is 14.8. The van der Waals surface area contributed by atoms with E-state index in [4.69, 9.17) is 15.2 Å². The van der Waals surface area contributed by atoms with Gasteiger partial charge in [0.15, 0.2) is 0 Å². The Labute approximate surface area is 110 Å². The van der Waals surface area contributed by atoms with E-state index in [0.717, 1.165) is 29.9 Å². The number of hydrogen-bond donors (Lipinski definition) is 1. The maximum absolute atomic E-state index is 5.62. The molecule has 0 saturated carbocycles. The largest absolute Gasteiger partial charge is 0.496 e. The van der Waals surface area contributed by atoms with Gasteiger partial charge in [0, 0.05) is 0 Å². The summed E-state index contributed by atoms with van der Waals surface area (Å²) in [7, 11) is 3.41. The van der Waals surface area contributed by atoms with E-state index >= 15 is 0 Å². The molecule has 18 heavy (non-hydrogen) atoms. The van der Waals surface area contributed by atoms with Crippen LogP contribution >= 0.6 is 0 Å². The lowest BCUT2D eigenvalue weighted by Gasteiger charge is -2.21. The number of ether oxygens (including phenoxy) is 2. The fourth-order valence-corrected chi connectivity index (χ4v) is 2.08. The summed E-state index contributed by atoms with van der Waals surface area (Å²) in [6.45, 7) is 7.25. The predicted octanol–water partition coefficient (Wildman–Crippen LogP) is 2.79. The molecular formula is C15H25NO2. The van der Waals surface area contributed by atoms with E-state index in [-0.39, 0.29) is 5.41 Å². The van der Waals surface area contributed by atoms with Gasteiger partial charge in [0.05, 0.1) is 14.2 Å². The highest BCUT2D eigenvalue weighted by molar-refractivity contribution is 5.47. The Balaban J connectivity index is 3.17. The smallest absolute Gasteiger partial charge is 0.122 e. The van der Waals surface area contributed by atoms with Crippen LogP contribution in [0.5, 0.6) is 11.5 Å². The highest BCUT2D eigenvalue weighted by atomic mass is 16.5. The summed E-state index contributed by atoms with van der Waals surface area (Å²) in [5.74, 6) is 1.83. The average Bonchev–Trinajstić information content (AvgIpc) is 2.28. The van der Waals surface area contributed by atoms with Crippen molar-refractivity contribution in [2.75, 3.05) is 20.8 Å². The average molecular weight is 251 g/mol.